The fraction of sp³-hybridized carbons (Fsp3) is 0.0882. The van der Waals surface area contributed by atoms with Crippen molar-refractivity contribution in [2.45, 2.75) is 41.5 Å². The van der Waals surface area contributed by atoms with Gasteiger partial charge in [-0.25, -0.2) is 9.97 Å². The molecule has 5 aromatic heterocycles. The van der Waals surface area contributed by atoms with Crippen LogP contribution in [0, 0.1) is 41.5 Å². The molecule has 8 bridgehead atoms. The number of aromatic amines is 4. The number of hydrogen-bond acceptors (Lipinski definition) is 4. The number of aryl methyl sites for hydroxylation is 6. The van der Waals surface area contributed by atoms with Crippen molar-refractivity contribution in [3.05, 3.63) is 248 Å². The van der Waals surface area contributed by atoms with Gasteiger partial charge >= 0.3 is 0 Å². The van der Waals surface area contributed by atoms with Crippen LogP contribution < -0.4 is 0 Å². The second-order valence-electron chi connectivity index (χ2n) is 20.2. The zero-order chi connectivity index (χ0) is 51.6. The summed E-state index contributed by atoms with van der Waals surface area (Å²) >= 11 is 0. The molecule has 0 unspecified atom stereocenters. The molecule has 13 rings (SSSR count). The molecule has 8 nitrogen and oxygen atoms in total. The van der Waals surface area contributed by atoms with Crippen molar-refractivity contribution in [2.75, 3.05) is 0 Å². The van der Waals surface area contributed by atoms with E-state index in [1.807, 2.05) is 49.1 Å². The number of nitrogens with one attached hydrogen (secondary N) is 4. The molecular weight excluding hydrogens is 929 g/mol. The Morgan fingerprint density at radius 1 is 0.368 bits per heavy atom. The summed E-state index contributed by atoms with van der Waals surface area (Å²) in [7, 11) is 0. The molecule has 0 aliphatic carbocycles. The van der Waals surface area contributed by atoms with Gasteiger partial charge < -0.3 is 19.9 Å². The molecule has 0 saturated carbocycles. The third-order valence-corrected chi connectivity index (χ3v) is 14.9. The topological polar surface area (TPSA) is 114 Å². The number of hydrogen-bond donors (Lipinski definition) is 4. The van der Waals surface area contributed by atoms with Crippen molar-refractivity contribution in [1.29, 1.82) is 0 Å². The van der Waals surface area contributed by atoms with Crippen molar-refractivity contribution >= 4 is 69.9 Å². The van der Waals surface area contributed by atoms with Crippen LogP contribution in [0.15, 0.2) is 179 Å². The Labute approximate surface area is 441 Å². The lowest BCUT2D eigenvalue weighted by atomic mass is 9.92. The summed E-state index contributed by atoms with van der Waals surface area (Å²) < 4.78 is 0. The predicted molar refractivity (Wildman–Crippen MR) is 318 cm³/mol. The van der Waals surface area contributed by atoms with Crippen LogP contribution in [0.25, 0.3) is 102 Å². The second kappa shape index (κ2) is 18.7. The largest absolute Gasteiger partial charge is 0.361 e. The minimum Gasteiger partial charge on any atom is -0.361 e. The summed E-state index contributed by atoms with van der Waals surface area (Å²) in [6.07, 6.45) is 24.4. The highest BCUT2D eigenvalue weighted by molar-refractivity contribution is 6.02. The number of aliphatic imine (C=N–C) groups is 2. The Morgan fingerprint density at radius 2 is 0.724 bits per heavy atom. The Hall–Kier alpha value is -9.66. The molecule has 0 radical (unpaired) electrons. The van der Waals surface area contributed by atoms with Gasteiger partial charge in [0, 0.05) is 91.7 Å². The van der Waals surface area contributed by atoms with Gasteiger partial charge in [-0.3, -0.25) is 9.98 Å². The third-order valence-electron chi connectivity index (χ3n) is 14.9. The molecule has 0 spiro atoms. The van der Waals surface area contributed by atoms with Crippen LogP contribution in [0.4, 0.5) is 0 Å². The fourth-order valence-electron chi connectivity index (χ4n) is 11.8. The minimum absolute atomic E-state index is 0.860. The van der Waals surface area contributed by atoms with Crippen LogP contribution >= 0.6 is 0 Å². The van der Waals surface area contributed by atoms with E-state index in [2.05, 4.69) is 207 Å². The number of aromatic nitrogens is 6. The minimum atomic E-state index is 0.860. The smallest absolute Gasteiger partial charge is 0.0737 e. The fourth-order valence-corrected chi connectivity index (χ4v) is 11.8. The summed E-state index contributed by atoms with van der Waals surface area (Å²) in [5, 5.41) is 0. The molecule has 0 fully saturated rings. The first-order valence-corrected chi connectivity index (χ1v) is 25.9. The Bertz CT molecular complexity index is 3930. The maximum absolute atomic E-state index is 5.67. The van der Waals surface area contributed by atoms with Crippen LogP contribution in [0.2, 0.25) is 0 Å². The first kappa shape index (κ1) is 46.1. The SMILES string of the molecule is Cc1cc(C)c(-c2c3nc(c(-c4ccc(/C(=C5\C=CC=N5)c5ccc[nH]5)cc4)c4ccc([nH]4)c(-c4c(C)cc(C)cc4C)c4nc(c(-c5ccc(/C(=C6\C=CC=N6)c6ccc[nH]6)cc5)c5ccc2[nH]5)C=C4)C=C3)c(C)c1. The molecule has 9 aromatic rings. The molecular formula is C68H54N8. The van der Waals surface area contributed by atoms with E-state index in [1.165, 1.54) is 33.4 Å². The highest BCUT2D eigenvalue weighted by atomic mass is 14.8. The van der Waals surface area contributed by atoms with Crippen LogP contribution in [0.1, 0.15) is 78.7 Å². The Kier molecular flexibility index (Phi) is 11.3. The van der Waals surface area contributed by atoms with Crippen LogP contribution in [-0.4, -0.2) is 42.3 Å². The van der Waals surface area contributed by atoms with Crippen molar-refractivity contribution in [3.63, 3.8) is 0 Å². The van der Waals surface area contributed by atoms with Gasteiger partial charge in [0.05, 0.1) is 34.2 Å². The van der Waals surface area contributed by atoms with E-state index in [9.17, 15) is 0 Å². The molecule has 8 heteroatoms. The normalized spacial score (nSPS) is 14.7. The number of fused-ring (bicyclic) bond motifs is 8. The summed E-state index contributed by atoms with van der Waals surface area (Å²) in [6.45, 7) is 13.2. The highest BCUT2D eigenvalue weighted by Gasteiger charge is 2.23. The summed E-state index contributed by atoms with van der Waals surface area (Å²) in [5.74, 6) is 0. The van der Waals surface area contributed by atoms with Crippen molar-refractivity contribution in [1.82, 2.24) is 29.9 Å². The molecule has 9 heterocycles. The van der Waals surface area contributed by atoms with Crippen molar-refractivity contribution < 1.29 is 0 Å². The van der Waals surface area contributed by atoms with E-state index in [0.29, 0.717) is 0 Å². The van der Waals surface area contributed by atoms with Gasteiger partial charge in [-0.15, -0.1) is 0 Å². The van der Waals surface area contributed by atoms with Crippen molar-refractivity contribution in [3.8, 4) is 44.5 Å². The zero-order valence-electron chi connectivity index (χ0n) is 43.3. The lowest BCUT2D eigenvalue weighted by Gasteiger charge is -2.14. The second-order valence-corrected chi connectivity index (χ2v) is 20.2. The average molecular weight is 983 g/mol. The van der Waals surface area contributed by atoms with E-state index in [-0.39, 0.29) is 0 Å². The highest BCUT2D eigenvalue weighted by Crippen LogP contribution is 2.42. The lowest BCUT2D eigenvalue weighted by Crippen LogP contribution is -1.95. The van der Waals surface area contributed by atoms with E-state index in [1.54, 1.807) is 0 Å². The van der Waals surface area contributed by atoms with E-state index >= 15 is 0 Å². The maximum Gasteiger partial charge on any atom is 0.0737 e. The van der Waals surface area contributed by atoms with Gasteiger partial charge in [0.15, 0.2) is 0 Å². The van der Waals surface area contributed by atoms with Crippen molar-refractivity contribution in [2.24, 2.45) is 9.98 Å². The number of H-pyrrole nitrogens is 4. The zero-order valence-corrected chi connectivity index (χ0v) is 43.3. The first-order valence-electron chi connectivity index (χ1n) is 25.9. The molecule has 4 aliphatic heterocycles. The van der Waals surface area contributed by atoms with E-state index < -0.39 is 0 Å². The standard InChI is InChI=1S/C68H54N8/c1-39-35-41(3)61(42(4)36-39)67-57-27-23-53(73-57)65(47-19-15-45(16-20-47)63(49-11-7-31-69-49)50-12-8-32-70-50)55-25-29-59(75-55)68(62-43(5)37-40(2)38-44(62)6)60-30-26-56(76-60)66(54-24-28-58(67)74-54)48-21-17-46(18-22-48)64(51-13-9-33-71-51)52-14-10-34-72-52/h7-38,69,71,73,76H,1-6H3/b63-50-,64-52-,65-53?,65-55?,66-54?,66-56?,67-57?,67-58?,68-59?,68-60?. The predicted octanol–water partition coefficient (Wildman–Crippen LogP) is 16.6. The molecule has 0 saturated heterocycles. The number of allylic oxidation sites excluding steroid dienone is 4. The quantitative estimate of drug-likeness (QED) is 0.121. The third kappa shape index (κ3) is 8.12. The Morgan fingerprint density at radius 3 is 1.05 bits per heavy atom. The molecule has 76 heavy (non-hydrogen) atoms. The Balaban J connectivity index is 1.11. The molecule has 366 valence electrons. The van der Waals surface area contributed by atoms with Crippen LogP contribution in [0.5, 0.6) is 0 Å². The number of nitrogens with zero attached hydrogens (tertiary/aromatic N) is 4. The molecule has 4 N–H and O–H groups in total. The molecule has 4 aromatic carbocycles. The monoisotopic (exact) mass is 982 g/mol. The number of rotatable bonds is 8. The molecule has 0 atom stereocenters. The van der Waals surface area contributed by atoms with Crippen LogP contribution in [-0.2, 0) is 0 Å². The van der Waals surface area contributed by atoms with Gasteiger partial charge in [-0.1, -0.05) is 83.9 Å². The summed E-state index contributed by atoms with van der Waals surface area (Å²) in [5.41, 5.74) is 31.0. The van der Waals surface area contributed by atoms with E-state index in [4.69, 9.17) is 20.0 Å². The lowest BCUT2D eigenvalue weighted by molar-refractivity contribution is 1.28. The van der Waals surface area contributed by atoms with E-state index in [0.717, 1.165) is 134 Å². The van der Waals surface area contributed by atoms with Gasteiger partial charge in [-0.05, 0) is 194 Å². The van der Waals surface area contributed by atoms with Crippen LogP contribution in [0.3, 0.4) is 0 Å². The van der Waals surface area contributed by atoms with Gasteiger partial charge in [0.2, 0.25) is 0 Å². The molecule has 0 amide bonds. The molecule has 4 aliphatic rings. The van der Waals surface area contributed by atoms with Gasteiger partial charge in [0.1, 0.15) is 0 Å². The summed E-state index contributed by atoms with van der Waals surface area (Å²) in [4.78, 5) is 35.6. The van der Waals surface area contributed by atoms with Gasteiger partial charge in [0.25, 0.3) is 0 Å². The first-order chi connectivity index (χ1) is 37.1. The maximum atomic E-state index is 5.67. The number of benzene rings is 4. The van der Waals surface area contributed by atoms with Gasteiger partial charge in [-0.2, -0.15) is 0 Å². The summed E-state index contributed by atoms with van der Waals surface area (Å²) in [6, 6.07) is 43.8. The average Bonchev–Trinajstić information content (AvgIpc) is 4.26.